The van der Waals surface area contributed by atoms with E-state index in [9.17, 15) is 0 Å². The van der Waals surface area contributed by atoms with Crippen molar-refractivity contribution in [1.82, 2.24) is 9.97 Å². The maximum absolute atomic E-state index is 5.92. The normalized spacial score (nSPS) is 10.3. The van der Waals surface area contributed by atoms with E-state index in [1.807, 2.05) is 25.1 Å². The summed E-state index contributed by atoms with van der Waals surface area (Å²) in [5.74, 6) is 1.74. The van der Waals surface area contributed by atoms with Crippen molar-refractivity contribution in [2.75, 3.05) is 11.9 Å². The van der Waals surface area contributed by atoms with E-state index < -0.39 is 0 Å². The third-order valence-electron chi connectivity index (χ3n) is 2.38. The van der Waals surface area contributed by atoms with Crippen molar-refractivity contribution in [3.8, 4) is 5.75 Å². The second kappa shape index (κ2) is 6.73. The molecule has 4 nitrogen and oxygen atoms in total. The molecule has 1 N–H and O–H groups in total. The molecule has 19 heavy (non-hydrogen) atoms. The van der Waals surface area contributed by atoms with E-state index >= 15 is 0 Å². The Bertz CT molecular complexity index is 548. The van der Waals surface area contributed by atoms with Crippen LogP contribution < -0.4 is 10.1 Å². The lowest BCUT2D eigenvalue weighted by atomic mass is 10.2. The van der Waals surface area contributed by atoms with E-state index in [1.165, 1.54) is 0 Å². The number of nitrogens with zero attached hydrogens (tertiary/aromatic N) is 2. The van der Waals surface area contributed by atoms with Crippen LogP contribution in [0.2, 0.25) is 0 Å². The number of hydrogen-bond acceptors (Lipinski definition) is 4. The van der Waals surface area contributed by atoms with Crippen LogP contribution in [0.3, 0.4) is 0 Å². The number of hydrogen-bond donors (Lipinski definition) is 1. The Morgan fingerprint density at radius 1 is 1.32 bits per heavy atom. The fourth-order valence-electron chi connectivity index (χ4n) is 1.56. The van der Waals surface area contributed by atoms with Gasteiger partial charge in [0.15, 0.2) is 0 Å². The average Bonchev–Trinajstić information content (AvgIpc) is 2.43. The topological polar surface area (TPSA) is 47.0 Å². The van der Waals surface area contributed by atoms with Gasteiger partial charge in [0.2, 0.25) is 5.95 Å². The minimum absolute atomic E-state index is 0.395. The molecule has 1 aromatic heterocycles. The number of benzene rings is 1. The predicted molar refractivity (Wildman–Crippen MR) is 80.2 cm³/mol. The largest absolute Gasteiger partial charge is 0.494 e. The van der Waals surface area contributed by atoms with Crippen molar-refractivity contribution in [2.24, 2.45) is 0 Å². The molecule has 0 aliphatic heterocycles. The van der Waals surface area contributed by atoms with Crippen LogP contribution in [0.1, 0.15) is 12.5 Å². The third kappa shape index (κ3) is 3.81. The summed E-state index contributed by atoms with van der Waals surface area (Å²) in [6, 6.07) is 5.73. The van der Waals surface area contributed by atoms with Gasteiger partial charge < -0.3 is 10.1 Å². The molecule has 1 aromatic carbocycles. The minimum atomic E-state index is 0.395. The highest BCUT2D eigenvalue weighted by Crippen LogP contribution is 2.25. The van der Waals surface area contributed by atoms with E-state index in [0.717, 1.165) is 21.5 Å². The van der Waals surface area contributed by atoms with Crippen molar-refractivity contribution in [3.63, 3.8) is 0 Å². The molecular formula is C13H13BrClN3O. The van der Waals surface area contributed by atoms with Crippen LogP contribution in [0.5, 0.6) is 5.75 Å². The molecule has 2 rings (SSSR count). The molecule has 1 heterocycles. The van der Waals surface area contributed by atoms with Gasteiger partial charge in [-0.25, -0.2) is 9.97 Å². The van der Waals surface area contributed by atoms with Gasteiger partial charge in [0, 0.05) is 23.6 Å². The van der Waals surface area contributed by atoms with Crippen LogP contribution in [0, 0.1) is 0 Å². The van der Waals surface area contributed by atoms with Crippen LogP contribution in [-0.4, -0.2) is 16.6 Å². The Morgan fingerprint density at radius 3 is 2.68 bits per heavy atom. The lowest BCUT2D eigenvalue weighted by Gasteiger charge is -2.11. The van der Waals surface area contributed by atoms with Gasteiger partial charge in [0.25, 0.3) is 0 Å². The smallest absolute Gasteiger partial charge is 0.227 e. The van der Waals surface area contributed by atoms with E-state index in [1.54, 1.807) is 12.4 Å². The number of aromatic nitrogens is 2. The third-order valence-corrected chi connectivity index (χ3v) is 3.08. The molecular weight excluding hydrogens is 330 g/mol. The zero-order valence-electron chi connectivity index (χ0n) is 10.4. The highest BCUT2D eigenvalue weighted by molar-refractivity contribution is 9.10. The van der Waals surface area contributed by atoms with Crippen molar-refractivity contribution < 1.29 is 4.74 Å². The molecule has 0 saturated carbocycles. The Kier molecular flexibility index (Phi) is 4.99. The first-order valence-electron chi connectivity index (χ1n) is 5.79. The molecule has 0 bridgehead atoms. The van der Waals surface area contributed by atoms with E-state index in [4.69, 9.17) is 16.3 Å². The summed E-state index contributed by atoms with van der Waals surface area (Å²) in [6.07, 6.45) is 3.37. The first-order chi connectivity index (χ1) is 9.22. The van der Waals surface area contributed by atoms with Crippen molar-refractivity contribution >= 4 is 39.2 Å². The molecule has 0 fully saturated rings. The molecule has 0 spiro atoms. The van der Waals surface area contributed by atoms with E-state index in [-0.39, 0.29) is 0 Å². The monoisotopic (exact) mass is 341 g/mol. The molecule has 100 valence electrons. The molecule has 0 atom stereocenters. The molecule has 0 saturated heterocycles. The average molecular weight is 343 g/mol. The van der Waals surface area contributed by atoms with Gasteiger partial charge in [-0.1, -0.05) is 0 Å². The fraction of sp³-hybridized carbons (Fsp3) is 0.231. The Labute approximate surface area is 125 Å². The van der Waals surface area contributed by atoms with Crippen molar-refractivity contribution in [2.45, 2.75) is 12.8 Å². The summed E-state index contributed by atoms with van der Waals surface area (Å²) >= 11 is 9.21. The minimum Gasteiger partial charge on any atom is -0.494 e. The number of ether oxygens (including phenoxy) is 1. The zero-order valence-corrected chi connectivity index (χ0v) is 12.7. The summed E-state index contributed by atoms with van der Waals surface area (Å²) in [5, 5.41) is 3.12. The fourth-order valence-corrected chi connectivity index (χ4v) is 1.98. The van der Waals surface area contributed by atoms with Gasteiger partial charge in [0.05, 0.1) is 17.0 Å². The second-order valence-electron chi connectivity index (χ2n) is 3.74. The van der Waals surface area contributed by atoms with Crippen molar-refractivity contribution in [1.29, 1.82) is 0 Å². The van der Waals surface area contributed by atoms with Gasteiger partial charge >= 0.3 is 0 Å². The summed E-state index contributed by atoms with van der Waals surface area (Å²) in [5.41, 5.74) is 1.81. The molecule has 0 radical (unpaired) electrons. The Morgan fingerprint density at radius 2 is 2.05 bits per heavy atom. The standard InChI is InChI=1S/C13H13BrClN3O/c1-2-19-12-4-3-11(5-9(12)6-15)18-13-16-7-10(14)8-17-13/h3-5,7-8H,2,6H2,1H3,(H,16,17,18). The van der Waals surface area contributed by atoms with Crippen LogP contribution in [0.15, 0.2) is 35.1 Å². The molecule has 0 aliphatic rings. The molecule has 0 aliphatic carbocycles. The highest BCUT2D eigenvalue weighted by atomic mass is 79.9. The molecule has 2 aromatic rings. The number of rotatable bonds is 5. The SMILES string of the molecule is CCOc1ccc(Nc2ncc(Br)cn2)cc1CCl. The summed E-state index contributed by atoms with van der Waals surface area (Å²) in [6.45, 7) is 2.56. The van der Waals surface area contributed by atoms with Gasteiger partial charge in [-0.2, -0.15) is 0 Å². The summed E-state index contributed by atoms with van der Waals surface area (Å²) in [7, 11) is 0. The molecule has 0 unspecified atom stereocenters. The summed E-state index contributed by atoms with van der Waals surface area (Å²) < 4.78 is 6.34. The number of alkyl halides is 1. The van der Waals surface area contributed by atoms with Gasteiger partial charge in [-0.3, -0.25) is 0 Å². The van der Waals surface area contributed by atoms with Crippen molar-refractivity contribution in [3.05, 3.63) is 40.6 Å². The van der Waals surface area contributed by atoms with Crippen LogP contribution in [-0.2, 0) is 5.88 Å². The Hall–Kier alpha value is -1.33. The number of nitrogens with one attached hydrogen (secondary N) is 1. The number of halogens is 2. The van der Waals surface area contributed by atoms with Crippen LogP contribution in [0.25, 0.3) is 0 Å². The van der Waals surface area contributed by atoms with E-state index in [2.05, 4.69) is 31.2 Å². The lowest BCUT2D eigenvalue weighted by molar-refractivity contribution is 0.337. The highest BCUT2D eigenvalue weighted by Gasteiger charge is 2.05. The van der Waals surface area contributed by atoms with Crippen LogP contribution in [0.4, 0.5) is 11.6 Å². The quantitative estimate of drug-likeness (QED) is 0.830. The molecule has 0 amide bonds. The first kappa shape index (κ1) is 14.1. The molecule has 6 heteroatoms. The van der Waals surface area contributed by atoms with Gasteiger partial charge in [-0.15, -0.1) is 11.6 Å². The lowest BCUT2D eigenvalue weighted by Crippen LogP contribution is -1.99. The predicted octanol–water partition coefficient (Wildman–Crippen LogP) is 4.12. The maximum Gasteiger partial charge on any atom is 0.227 e. The Balaban J connectivity index is 2.18. The number of anilines is 2. The second-order valence-corrected chi connectivity index (χ2v) is 4.92. The van der Waals surface area contributed by atoms with Gasteiger partial charge in [-0.05, 0) is 41.1 Å². The van der Waals surface area contributed by atoms with Gasteiger partial charge in [0.1, 0.15) is 5.75 Å². The zero-order chi connectivity index (χ0) is 13.7. The van der Waals surface area contributed by atoms with E-state index in [0.29, 0.717) is 18.4 Å². The summed E-state index contributed by atoms with van der Waals surface area (Å²) in [4.78, 5) is 8.31. The first-order valence-corrected chi connectivity index (χ1v) is 7.12. The van der Waals surface area contributed by atoms with Crippen LogP contribution >= 0.6 is 27.5 Å². The maximum atomic E-state index is 5.92.